The summed E-state index contributed by atoms with van der Waals surface area (Å²) in [4.78, 5) is 13.4. The second-order valence-corrected chi connectivity index (χ2v) is 8.25. The molecule has 3 nitrogen and oxygen atoms in total. The molecule has 2 N–H and O–H groups in total. The molecule has 0 saturated carbocycles. The van der Waals surface area contributed by atoms with Gasteiger partial charge in [0.05, 0.1) is 4.21 Å². The van der Waals surface area contributed by atoms with E-state index in [9.17, 15) is 4.79 Å². The minimum atomic E-state index is -0.229. The van der Waals surface area contributed by atoms with E-state index in [2.05, 4.69) is 33.7 Å². The highest BCUT2D eigenvalue weighted by molar-refractivity contribution is 8.00. The molecule has 0 atom stereocenters. The molecule has 0 spiro atoms. The molecule has 0 fully saturated rings. The molecular weight excluding hydrogens is 380 g/mol. The highest BCUT2D eigenvalue weighted by Crippen LogP contribution is 2.38. The molecule has 0 unspecified atom stereocenters. The lowest BCUT2D eigenvalue weighted by molar-refractivity contribution is 0.251. The SMILES string of the molecule is CSc1scc(-c2cccs2)c1CNC(=O)Nc1ccc(Cl)cc1. The summed E-state index contributed by atoms with van der Waals surface area (Å²) in [5.74, 6) is 0. The maximum atomic E-state index is 12.1. The van der Waals surface area contributed by atoms with Crippen LogP contribution in [0.2, 0.25) is 5.02 Å². The fourth-order valence-corrected chi connectivity index (χ4v) is 4.97. The predicted molar refractivity (Wildman–Crippen MR) is 107 cm³/mol. The number of amides is 2. The van der Waals surface area contributed by atoms with Crippen LogP contribution in [-0.4, -0.2) is 12.3 Å². The highest BCUT2D eigenvalue weighted by Gasteiger charge is 2.14. The summed E-state index contributed by atoms with van der Waals surface area (Å²) < 4.78 is 1.23. The van der Waals surface area contributed by atoms with Crippen molar-refractivity contribution in [1.29, 1.82) is 0 Å². The van der Waals surface area contributed by atoms with E-state index in [0.29, 0.717) is 17.3 Å². The van der Waals surface area contributed by atoms with Crippen molar-refractivity contribution in [2.75, 3.05) is 11.6 Å². The van der Waals surface area contributed by atoms with Crippen LogP contribution in [0.15, 0.2) is 51.4 Å². The Labute approximate surface area is 158 Å². The summed E-state index contributed by atoms with van der Waals surface area (Å²) >= 11 is 11.0. The van der Waals surface area contributed by atoms with Crippen molar-refractivity contribution < 1.29 is 4.79 Å². The lowest BCUT2D eigenvalue weighted by atomic mass is 10.1. The van der Waals surface area contributed by atoms with Crippen LogP contribution in [-0.2, 0) is 6.54 Å². The average molecular weight is 395 g/mol. The molecule has 7 heteroatoms. The van der Waals surface area contributed by atoms with Crippen LogP contribution < -0.4 is 10.6 Å². The second-order valence-electron chi connectivity index (χ2n) is 4.91. The van der Waals surface area contributed by atoms with Gasteiger partial charge in [0, 0.05) is 38.6 Å². The van der Waals surface area contributed by atoms with Crippen LogP contribution in [0.25, 0.3) is 10.4 Å². The molecule has 0 bridgehead atoms. The van der Waals surface area contributed by atoms with Crippen LogP contribution >= 0.6 is 46.0 Å². The van der Waals surface area contributed by atoms with Gasteiger partial charge >= 0.3 is 6.03 Å². The molecule has 3 rings (SSSR count). The largest absolute Gasteiger partial charge is 0.334 e. The summed E-state index contributed by atoms with van der Waals surface area (Å²) in [6.07, 6.45) is 2.06. The number of urea groups is 1. The minimum absolute atomic E-state index is 0.229. The summed E-state index contributed by atoms with van der Waals surface area (Å²) in [6, 6.07) is 11.0. The minimum Gasteiger partial charge on any atom is -0.334 e. The monoisotopic (exact) mass is 394 g/mol. The van der Waals surface area contributed by atoms with Crippen molar-refractivity contribution in [3.63, 3.8) is 0 Å². The van der Waals surface area contributed by atoms with Crippen LogP contribution in [0.5, 0.6) is 0 Å². The molecule has 2 heterocycles. The Balaban J connectivity index is 1.68. The van der Waals surface area contributed by atoms with Gasteiger partial charge in [0.1, 0.15) is 0 Å². The molecule has 3 aromatic rings. The van der Waals surface area contributed by atoms with Gasteiger partial charge < -0.3 is 10.6 Å². The average Bonchev–Trinajstić information content (AvgIpc) is 3.23. The molecule has 0 aliphatic rings. The number of thiophene rings is 2. The van der Waals surface area contributed by atoms with Crippen molar-refractivity contribution >= 4 is 57.8 Å². The second kappa shape index (κ2) is 8.07. The van der Waals surface area contributed by atoms with E-state index in [1.165, 1.54) is 20.2 Å². The number of nitrogens with one attached hydrogen (secondary N) is 2. The molecule has 0 saturated heterocycles. The van der Waals surface area contributed by atoms with Crippen LogP contribution in [0.4, 0.5) is 10.5 Å². The Kier molecular flexibility index (Phi) is 5.84. The van der Waals surface area contributed by atoms with E-state index >= 15 is 0 Å². The molecule has 124 valence electrons. The number of rotatable bonds is 5. The van der Waals surface area contributed by atoms with Crippen LogP contribution in [0, 0.1) is 0 Å². The topological polar surface area (TPSA) is 41.1 Å². The number of carbonyl (C=O) groups is 1. The maximum absolute atomic E-state index is 12.1. The predicted octanol–water partition coefficient (Wildman–Crippen LogP) is 6.17. The Hall–Kier alpha value is -1.47. The van der Waals surface area contributed by atoms with Gasteiger partial charge in [-0.05, 0) is 42.0 Å². The van der Waals surface area contributed by atoms with Crippen LogP contribution in [0.1, 0.15) is 5.56 Å². The number of carbonyl (C=O) groups excluding carboxylic acids is 1. The quantitative estimate of drug-likeness (QED) is 0.507. The van der Waals surface area contributed by atoms with Crippen molar-refractivity contribution in [3.8, 4) is 10.4 Å². The number of thioether (sulfide) groups is 1. The van der Waals surface area contributed by atoms with Gasteiger partial charge in [0.15, 0.2) is 0 Å². The standard InChI is InChI=1S/C17H15ClN2OS3/c1-22-16-13(14(10-24-16)15-3-2-8-23-15)9-19-17(21)20-12-6-4-11(18)5-7-12/h2-8,10H,9H2,1H3,(H2,19,20,21). The first-order valence-corrected chi connectivity index (χ1v) is 10.5. The maximum Gasteiger partial charge on any atom is 0.319 e. The van der Waals surface area contributed by atoms with Crippen molar-refractivity contribution in [2.45, 2.75) is 10.8 Å². The molecule has 0 aliphatic heterocycles. The van der Waals surface area contributed by atoms with E-state index in [0.717, 1.165) is 0 Å². The molecule has 2 amide bonds. The van der Waals surface area contributed by atoms with E-state index in [1.54, 1.807) is 58.7 Å². The first-order valence-electron chi connectivity index (χ1n) is 7.16. The molecule has 2 aromatic heterocycles. The molecule has 0 aliphatic carbocycles. The van der Waals surface area contributed by atoms with Gasteiger partial charge in [0.25, 0.3) is 0 Å². The van der Waals surface area contributed by atoms with Crippen LogP contribution in [0.3, 0.4) is 0 Å². The van der Waals surface area contributed by atoms with E-state index in [1.807, 2.05) is 6.07 Å². The lowest BCUT2D eigenvalue weighted by Gasteiger charge is -2.09. The van der Waals surface area contributed by atoms with Crippen molar-refractivity contribution in [3.05, 3.63) is 57.7 Å². The Morgan fingerprint density at radius 1 is 1.21 bits per heavy atom. The molecular formula is C17H15ClN2OS3. The van der Waals surface area contributed by atoms with Gasteiger partial charge in [-0.2, -0.15) is 0 Å². The van der Waals surface area contributed by atoms with E-state index in [-0.39, 0.29) is 6.03 Å². The molecule has 24 heavy (non-hydrogen) atoms. The molecule has 1 aromatic carbocycles. The zero-order valence-electron chi connectivity index (χ0n) is 12.8. The Bertz CT molecular complexity index is 813. The van der Waals surface area contributed by atoms with Gasteiger partial charge in [-0.3, -0.25) is 0 Å². The summed E-state index contributed by atoms with van der Waals surface area (Å²) in [5.41, 5.74) is 3.08. The van der Waals surface area contributed by atoms with E-state index in [4.69, 9.17) is 11.6 Å². The van der Waals surface area contributed by atoms with E-state index < -0.39 is 0 Å². The highest BCUT2D eigenvalue weighted by atomic mass is 35.5. The number of hydrogen-bond acceptors (Lipinski definition) is 4. The third-order valence-corrected chi connectivity index (χ3v) is 6.73. The fourth-order valence-electron chi connectivity index (χ4n) is 2.22. The number of anilines is 1. The van der Waals surface area contributed by atoms with Crippen molar-refractivity contribution in [2.24, 2.45) is 0 Å². The first-order chi connectivity index (χ1) is 11.7. The number of benzene rings is 1. The zero-order chi connectivity index (χ0) is 16.9. The number of hydrogen-bond donors (Lipinski definition) is 2. The Morgan fingerprint density at radius 3 is 2.67 bits per heavy atom. The fraction of sp³-hybridized carbons (Fsp3) is 0.118. The Morgan fingerprint density at radius 2 is 2.00 bits per heavy atom. The summed E-state index contributed by atoms with van der Waals surface area (Å²) in [7, 11) is 0. The number of halogens is 1. The summed E-state index contributed by atoms with van der Waals surface area (Å²) in [5, 5.41) is 10.6. The lowest BCUT2D eigenvalue weighted by Crippen LogP contribution is -2.28. The van der Waals surface area contributed by atoms with Gasteiger partial charge in [-0.15, -0.1) is 34.4 Å². The normalized spacial score (nSPS) is 10.6. The first kappa shape index (κ1) is 17.4. The van der Waals surface area contributed by atoms with Gasteiger partial charge in [-0.25, -0.2) is 4.79 Å². The third kappa shape index (κ3) is 4.13. The van der Waals surface area contributed by atoms with Gasteiger partial charge in [-0.1, -0.05) is 17.7 Å². The van der Waals surface area contributed by atoms with Crippen molar-refractivity contribution in [1.82, 2.24) is 5.32 Å². The van der Waals surface area contributed by atoms with Gasteiger partial charge in [0.2, 0.25) is 0 Å². The molecule has 0 radical (unpaired) electrons. The zero-order valence-corrected chi connectivity index (χ0v) is 16.0. The third-order valence-electron chi connectivity index (χ3n) is 3.36. The summed E-state index contributed by atoms with van der Waals surface area (Å²) in [6.45, 7) is 0.492. The smallest absolute Gasteiger partial charge is 0.319 e.